The third kappa shape index (κ3) is 3.78. The van der Waals surface area contributed by atoms with Crippen molar-refractivity contribution in [1.29, 1.82) is 0 Å². The lowest BCUT2D eigenvalue weighted by atomic mass is 10.1. The summed E-state index contributed by atoms with van der Waals surface area (Å²) in [5.41, 5.74) is 1.14. The van der Waals surface area contributed by atoms with E-state index in [1.807, 2.05) is 25.2 Å². The number of carbonyl (C=O) groups excluding carboxylic acids is 2. The van der Waals surface area contributed by atoms with Gasteiger partial charge >= 0.3 is 0 Å². The molecule has 0 saturated heterocycles. The summed E-state index contributed by atoms with van der Waals surface area (Å²) in [5.74, 6) is -0.242. The predicted molar refractivity (Wildman–Crippen MR) is 119 cm³/mol. The highest BCUT2D eigenvalue weighted by Gasteiger charge is 2.45. The molecule has 0 aliphatic heterocycles. The normalized spacial score (nSPS) is 16.0. The van der Waals surface area contributed by atoms with Gasteiger partial charge in [0.05, 0.1) is 30.2 Å². The smallest absolute Gasteiger partial charge is 0.254 e. The van der Waals surface area contributed by atoms with Crippen LogP contribution in [0.15, 0.2) is 30.6 Å². The van der Waals surface area contributed by atoms with Gasteiger partial charge in [-0.05, 0) is 31.9 Å². The highest BCUT2D eigenvalue weighted by molar-refractivity contribution is 6.02. The van der Waals surface area contributed by atoms with E-state index in [4.69, 9.17) is 8.85 Å². The molecule has 0 bridgehead atoms. The molecule has 9 heteroatoms. The molecule has 0 unspecified atom stereocenters. The average Bonchev–Trinajstić information content (AvgIpc) is 3.39. The first-order chi connectivity index (χ1) is 16.0. The van der Waals surface area contributed by atoms with Crippen LogP contribution in [-0.2, 0) is 11.3 Å². The number of ether oxygens (including phenoxy) is 1. The summed E-state index contributed by atoms with van der Waals surface area (Å²) < 4.78 is 29.6. The molecule has 2 heterocycles. The van der Waals surface area contributed by atoms with E-state index in [0.717, 1.165) is 23.7 Å². The van der Waals surface area contributed by atoms with Crippen molar-refractivity contribution in [3.05, 3.63) is 36.2 Å². The lowest BCUT2D eigenvalue weighted by Crippen LogP contribution is -2.23. The molecule has 9 nitrogen and oxygen atoms in total. The van der Waals surface area contributed by atoms with Crippen LogP contribution in [0.1, 0.15) is 41.2 Å². The fourth-order valence-corrected chi connectivity index (χ4v) is 3.39. The van der Waals surface area contributed by atoms with E-state index in [1.165, 1.54) is 19.4 Å². The first-order valence-electron chi connectivity index (χ1n) is 11.5. The minimum Gasteiger partial charge on any atom is -0.492 e. The largest absolute Gasteiger partial charge is 0.492 e. The second-order valence-corrected chi connectivity index (χ2v) is 7.75. The van der Waals surface area contributed by atoms with Crippen LogP contribution in [0.25, 0.3) is 10.9 Å². The number of nitrogens with one attached hydrogen (secondary N) is 3. The van der Waals surface area contributed by atoms with Crippen molar-refractivity contribution in [2.45, 2.75) is 33.2 Å². The van der Waals surface area contributed by atoms with Crippen LogP contribution in [0, 0.1) is 5.41 Å². The lowest BCUT2D eigenvalue weighted by molar-refractivity contribution is -0.120. The Labute approximate surface area is 184 Å². The monoisotopic (exact) mass is 425 g/mol. The molecule has 3 aromatic rings. The Morgan fingerprint density at radius 3 is 2.77 bits per heavy atom. The maximum Gasteiger partial charge on any atom is 0.254 e. The zero-order chi connectivity index (χ0) is 24.7. The summed E-state index contributed by atoms with van der Waals surface area (Å²) in [4.78, 5) is 29.4. The minimum absolute atomic E-state index is 0.00194. The van der Waals surface area contributed by atoms with E-state index in [9.17, 15) is 9.59 Å². The highest BCUT2D eigenvalue weighted by atomic mass is 16.5. The van der Waals surface area contributed by atoms with Crippen LogP contribution in [0.3, 0.4) is 0 Å². The summed E-state index contributed by atoms with van der Waals surface area (Å²) in [5, 5.41) is 13.2. The van der Waals surface area contributed by atoms with E-state index in [-0.39, 0.29) is 23.0 Å². The maximum absolute atomic E-state index is 12.7. The molecule has 1 aliphatic rings. The van der Waals surface area contributed by atoms with Gasteiger partial charge in [0, 0.05) is 40.7 Å². The van der Waals surface area contributed by atoms with Gasteiger partial charge in [-0.1, -0.05) is 6.92 Å². The lowest BCUT2D eigenvalue weighted by Gasteiger charge is -2.17. The van der Waals surface area contributed by atoms with Gasteiger partial charge in [-0.15, -0.1) is 0 Å². The molecule has 4 rings (SSSR count). The molecule has 0 radical (unpaired) electrons. The molecule has 1 aromatic carbocycles. The van der Waals surface area contributed by atoms with Gasteiger partial charge in [0.15, 0.2) is 5.75 Å². The SMILES string of the molecule is [2H]C([2H])([2H])NC(=O)c1cnc(NC(=O)C2(C)CC2)cc1Nc1ccc2cnn(CC)c2c1OC. The number of hydrogen-bond acceptors (Lipinski definition) is 6. The van der Waals surface area contributed by atoms with Gasteiger partial charge in [0.25, 0.3) is 5.91 Å². The molecule has 3 N–H and O–H groups in total. The van der Waals surface area contributed by atoms with Crippen LogP contribution in [0.2, 0.25) is 0 Å². The molecule has 162 valence electrons. The number of pyridine rings is 1. The van der Waals surface area contributed by atoms with E-state index < -0.39 is 18.3 Å². The molecule has 2 aromatic heterocycles. The van der Waals surface area contributed by atoms with Crippen LogP contribution < -0.4 is 20.7 Å². The fraction of sp³-hybridized carbons (Fsp3) is 0.364. The Bertz CT molecular complexity index is 1270. The molecule has 1 fully saturated rings. The van der Waals surface area contributed by atoms with E-state index in [2.05, 4.69) is 20.7 Å². The number of aryl methyl sites for hydroxylation is 1. The number of methoxy groups -OCH3 is 1. The Hall–Kier alpha value is -3.62. The Balaban J connectivity index is 1.75. The predicted octanol–water partition coefficient (Wildman–Crippen LogP) is 3.30. The summed E-state index contributed by atoms with van der Waals surface area (Å²) in [6, 6.07) is 5.14. The number of aromatic nitrogens is 3. The second kappa shape index (κ2) is 7.90. The van der Waals surface area contributed by atoms with Gasteiger partial charge < -0.3 is 20.7 Å². The quantitative estimate of drug-likeness (QED) is 0.536. The highest BCUT2D eigenvalue weighted by Crippen LogP contribution is 2.45. The van der Waals surface area contributed by atoms with E-state index in [0.29, 0.717) is 18.0 Å². The Morgan fingerprint density at radius 1 is 1.29 bits per heavy atom. The fourth-order valence-electron chi connectivity index (χ4n) is 3.39. The maximum atomic E-state index is 12.7. The van der Waals surface area contributed by atoms with Gasteiger partial charge in [-0.2, -0.15) is 5.10 Å². The number of rotatable bonds is 7. The first-order valence-corrected chi connectivity index (χ1v) is 9.98. The molecule has 0 atom stereocenters. The van der Waals surface area contributed by atoms with Crippen molar-refractivity contribution in [3.8, 4) is 5.75 Å². The Kier molecular flexibility index (Phi) is 4.36. The van der Waals surface area contributed by atoms with Crippen molar-refractivity contribution in [2.24, 2.45) is 5.41 Å². The van der Waals surface area contributed by atoms with Gasteiger partial charge in [0.1, 0.15) is 11.3 Å². The third-order valence-corrected chi connectivity index (χ3v) is 5.58. The summed E-state index contributed by atoms with van der Waals surface area (Å²) in [6.07, 6.45) is 4.56. The zero-order valence-electron chi connectivity index (χ0n) is 20.6. The summed E-state index contributed by atoms with van der Waals surface area (Å²) >= 11 is 0. The van der Waals surface area contributed by atoms with Crippen LogP contribution >= 0.6 is 0 Å². The standard InChI is InChI=1S/C22H26N6O3/c1-5-28-18-13(11-25-28)6-7-15(19(18)31-4)26-16-10-17(24-12-14(16)20(29)23-3)27-21(30)22(2)8-9-22/h6-7,10-12H,5,8-9H2,1-4H3,(H,23,29)(H2,24,26,27,30)/i3D3. The van der Waals surface area contributed by atoms with Gasteiger partial charge in [-0.25, -0.2) is 4.98 Å². The van der Waals surface area contributed by atoms with E-state index in [1.54, 1.807) is 16.9 Å². The van der Waals surface area contributed by atoms with Crippen molar-refractivity contribution >= 4 is 39.9 Å². The molecule has 1 aliphatic carbocycles. The molecule has 31 heavy (non-hydrogen) atoms. The van der Waals surface area contributed by atoms with Crippen LogP contribution in [-0.4, -0.2) is 40.7 Å². The number of anilines is 3. The molecule has 2 amide bonds. The Morgan fingerprint density at radius 2 is 2.10 bits per heavy atom. The zero-order valence-corrected chi connectivity index (χ0v) is 17.6. The van der Waals surface area contributed by atoms with Crippen LogP contribution in [0.4, 0.5) is 17.2 Å². The van der Waals surface area contributed by atoms with Gasteiger partial charge in [0.2, 0.25) is 5.91 Å². The average molecular weight is 426 g/mol. The van der Waals surface area contributed by atoms with Crippen molar-refractivity contribution < 1.29 is 18.4 Å². The third-order valence-electron chi connectivity index (χ3n) is 5.58. The van der Waals surface area contributed by atoms with Crippen molar-refractivity contribution in [2.75, 3.05) is 24.7 Å². The number of nitrogens with zero attached hydrogens (tertiary/aromatic N) is 3. The molecule has 0 spiro atoms. The summed E-state index contributed by atoms with van der Waals surface area (Å²) in [7, 11) is 1.53. The molecule has 1 saturated carbocycles. The number of fused-ring (bicyclic) bond motifs is 1. The second-order valence-electron chi connectivity index (χ2n) is 7.75. The minimum atomic E-state index is -2.67. The molecular formula is C22H26N6O3. The van der Waals surface area contributed by atoms with Crippen LogP contribution in [0.5, 0.6) is 5.75 Å². The van der Waals surface area contributed by atoms with Crippen molar-refractivity contribution in [1.82, 2.24) is 20.1 Å². The van der Waals surface area contributed by atoms with Crippen molar-refractivity contribution in [3.63, 3.8) is 0 Å². The van der Waals surface area contributed by atoms with Gasteiger partial charge in [-0.3, -0.25) is 14.3 Å². The molecular weight excluding hydrogens is 396 g/mol. The van der Waals surface area contributed by atoms with E-state index >= 15 is 0 Å². The first kappa shape index (κ1) is 17.1. The number of carbonyl (C=O) groups is 2. The number of amides is 2. The number of hydrogen-bond donors (Lipinski definition) is 3. The topological polar surface area (TPSA) is 110 Å². The number of benzene rings is 1. The summed E-state index contributed by atoms with van der Waals surface area (Å²) in [6.45, 7) is 1.78.